The molecule has 26 heavy (non-hydrogen) atoms. The van der Waals surface area contributed by atoms with E-state index in [1.807, 2.05) is 24.3 Å². The first-order chi connectivity index (χ1) is 12.4. The number of halogens is 1. The average molecular weight is 457 g/mol. The van der Waals surface area contributed by atoms with Crippen molar-refractivity contribution in [3.8, 4) is 0 Å². The third kappa shape index (κ3) is 5.31. The highest BCUT2D eigenvalue weighted by atomic mass is 79.9. The van der Waals surface area contributed by atoms with Crippen molar-refractivity contribution in [1.82, 2.24) is 5.32 Å². The van der Waals surface area contributed by atoms with Crippen LogP contribution in [0.4, 0.5) is 5.69 Å². The van der Waals surface area contributed by atoms with Gasteiger partial charge in [-0.2, -0.15) is 0 Å². The molecule has 0 bridgehead atoms. The van der Waals surface area contributed by atoms with Crippen molar-refractivity contribution in [2.75, 3.05) is 4.72 Å². The normalized spacial score (nSPS) is 16.7. The Morgan fingerprint density at radius 3 is 2.62 bits per heavy atom. The lowest BCUT2D eigenvalue weighted by Crippen LogP contribution is -2.28. The third-order valence-electron chi connectivity index (χ3n) is 4.88. The topological polar surface area (TPSA) is 58.2 Å². The molecule has 142 valence electrons. The number of rotatable bonds is 8. The number of sulfonamides is 1. The molecule has 7 heteroatoms. The molecule has 1 aromatic heterocycles. The highest BCUT2D eigenvalue weighted by Gasteiger charge is 2.19. The molecule has 4 nitrogen and oxygen atoms in total. The highest BCUT2D eigenvalue weighted by Crippen LogP contribution is 2.30. The Hall–Kier alpha value is -0.890. The molecular formula is C19H25BrN2O2S2. The lowest BCUT2D eigenvalue weighted by molar-refractivity contribution is 0.404. The number of hydrogen-bond donors (Lipinski definition) is 2. The highest BCUT2D eigenvalue weighted by molar-refractivity contribution is 9.11. The van der Waals surface area contributed by atoms with E-state index in [1.165, 1.54) is 43.4 Å². The summed E-state index contributed by atoms with van der Waals surface area (Å²) >= 11 is 4.52. The molecule has 3 rings (SSSR count). The summed E-state index contributed by atoms with van der Waals surface area (Å²) in [5.74, 6) is 0.837. The molecule has 0 amide bonds. The fraction of sp³-hybridized carbons (Fsp3) is 0.474. The van der Waals surface area contributed by atoms with Gasteiger partial charge in [0, 0.05) is 12.6 Å². The Morgan fingerprint density at radius 1 is 1.19 bits per heavy atom. The average Bonchev–Trinajstić information content (AvgIpc) is 3.26. The van der Waals surface area contributed by atoms with Crippen LogP contribution in [-0.2, 0) is 16.6 Å². The molecule has 0 spiro atoms. The zero-order valence-electron chi connectivity index (χ0n) is 14.9. The van der Waals surface area contributed by atoms with Crippen molar-refractivity contribution in [3.05, 3.63) is 45.7 Å². The zero-order chi connectivity index (χ0) is 18.6. The maximum absolute atomic E-state index is 12.6. The van der Waals surface area contributed by atoms with E-state index in [4.69, 9.17) is 0 Å². The van der Waals surface area contributed by atoms with E-state index in [0.29, 0.717) is 22.5 Å². The number of benzene rings is 1. The SMILES string of the molecule is C[C@@H](CC1CCCC1)NCc1ccccc1NS(=O)(=O)c1ccc(Br)s1. The molecule has 1 fully saturated rings. The molecule has 1 atom stereocenters. The minimum Gasteiger partial charge on any atom is -0.310 e. The van der Waals surface area contributed by atoms with E-state index < -0.39 is 10.0 Å². The van der Waals surface area contributed by atoms with Gasteiger partial charge in [-0.25, -0.2) is 8.42 Å². The molecule has 2 N–H and O–H groups in total. The summed E-state index contributed by atoms with van der Waals surface area (Å²) in [6, 6.07) is 11.4. The summed E-state index contributed by atoms with van der Waals surface area (Å²) in [6.07, 6.45) is 6.61. The van der Waals surface area contributed by atoms with E-state index in [-0.39, 0.29) is 0 Å². The Labute approximate surface area is 168 Å². The van der Waals surface area contributed by atoms with Crippen molar-refractivity contribution >= 4 is 43.0 Å². The molecule has 0 unspecified atom stereocenters. The number of anilines is 1. The van der Waals surface area contributed by atoms with Crippen LogP contribution in [0.3, 0.4) is 0 Å². The first-order valence-electron chi connectivity index (χ1n) is 9.03. The summed E-state index contributed by atoms with van der Waals surface area (Å²) in [6.45, 7) is 2.87. The smallest absolute Gasteiger partial charge is 0.271 e. The summed E-state index contributed by atoms with van der Waals surface area (Å²) in [5, 5.41) is 3.56. The second-order valence-corrected chi connectivity index (χ2v) is 11.4. The van der Waals surface area contributed by atoms with Gasteiger partial charge in [0.05, 0.1) is 9.47 Å². The molecule has 0 saturated heterocycles. The molecule has 1 heterocycles. The van der Waals surface area contributed by atoms with E-state index >= 15 is 0 Å². The number of nitrogens with one attached hydrogen (secondary N) is 2. The van der Waals surface area contributed by atoms with Crippen LogP contribution in [0.25, 0.3) is 0 Å². The predicted octanol–water partition coefficient (Wildman–Crippen LogP) is 5.37. The summed E-state index contributed by atoms with van der Waals surface area (Å²) in [7, 11) is -3.56. The van der Waals surface area contributed by atoms with Gasteiger partial charge in [-0.1, -0.05) is 43.9 Å². The van der Waals surface area contributed by atoms with Crippen molar-refractivity contribution in [1.29, 1.82) is 0 Å². The standard InChI is InChI=1S/C19H25BrN2O2S2/c1-14(12-15-6-2-3-7-15)21-13-16-8-4-5-9-17(16)22-26(23,24)19-11-10-18(20)25-19/h4-5,8-11,14-15,21-22H,2-3,6-7,12-13H2,1H3/t14-/m0/s1. The Balaban J connectivity index is 1.64. The Bertz CT molecular complexity index is 830. The van der Waals surface area contributed by atoms with Crippen molar-refractivity contribution < 1.29 is 8.42 Å². The van der Waals surface area contributed by atoms with Crippen molar-refractivity contribution in [2.45, 2.75) is 55.8 Å². The molecular weight excluding hydrogens is 432 g/mol. The predicted molar refractivity (Wildman–Crippen MR) is 112 cm³/mol. The third-order valence-corrected chi connectivity index (χ3v) is 8.36. The first-order valence-corrected chi connectivity index (χ1v) is 12.1. The van der Waals surface area contributed by atoms with E-state index in [0.717, 1.165) is 15.3 Å². The minimum absolute atomic E-state index is 0.307. The van der Waals surface area contributed by atoms with Gasteiger partial charge < -0.3 is 5.32 Å². The van der Waals surface area contributed by atoms with Crippen molar-refractivity contribution in [2.24, 2.45) is 5.92 Å². The second kappa shape index (κ2) is 8.87. The monoisotopic (exact) mass is 456 g/mol. The second-order valence-electron chi connectivity index (χ2n) is 6.99. The van der Waals surface area contributed by atoms with Crippen LogP contribution in [0, 0.1) is 5.92 Å². The van der Waals surface area contributed by atoms with E-state index in [2.05, 4.69) is 32.9 Å². The summed E-state index contributed by atoms with van der Waals surface area (Å²) in [5.41, 5.74) is 1.60. The van der Waals surface area contributed by atoms with Crippen LogP contribution in [-0.4, -0.2) is 14.5 Å². The largest absolute Gasteiger partial charge is 0.310 e. The van der Waals surface area contributed by atoms with Gasteiger partial charge >= 0.3 is 0 Å². The molecule has 0 aliphatic heterocycles. The van der Waals surface area contributed by atoms with Gasteiger partial charge in [0.1, 0.15) is 4.21 Å². The Morgan fingerprint density at radius 2 is 1.92 bits per heavy atom. The zero-order valence-corrected chi connectivity index (χ0v) is 18.1. The minimum atomic E-state index is -3.56. The molecule has 2 aromatic rings. The summed E-state index contributed by atoms with van der Waals surface area (Å²) < 4.78 is 29.0. The maximum Gasteiger partial charge on any atom is 0.271 e. The van der Waals surface area contributed by atoms with Crippen molar-refractivity contribution in [3.63, 3.8) is 0 Å². The molecule has 1 aliphatic rings. The molecule has 1 aromatic carbocycles. The van der Waals surface area contributed by atoms with Gasteiger partial charge in [-0.05, 0) is 59.0 Å². The van der Waals surface area contributed by atoms with Gasteiger partial charge in [-0.3, -0.25) is 4.72 Å². The van der Waals surface area contributed by atoms with Crippen LogP contribution < -0.4 is 10.0 Å². The Kier molecular flexibility index (Phi) is 6.77. The van der Waals surface area contributed by atoms with Gasteiger partial charge in [0.25, 0.3) is 10.0 Å². The van der Waals surface area contributed by atoms with Crippen LogP contribution in [0.5, 0.6) is 0 Å². The maximum atomic E-state index is 12.6. The van der Waals surface area contributed by atoms with E-state index in [1.54, 1.807) is 12.1 Å². The van der Waals surface area contributed by atoms with Gasteiger partial charge in [-0.15, -0.1) is 11.3 Å². The van der Waals surface area contributed by atoms with Crippen LogP contribution in [0.2, 0.25) is 0 Å². The summed E-state index contributed by atoms with van der Waals surface area (Å²) in [4.78, 5) is 0. The first kappa shape index (κ1) is 19.9. The molecule has 1 saturated carbocycles. The molecule has 0 radical (unpaired) electrons. The lowest BCUT2D eigenvalue weighted by Gasteiger charge is -2.19. The lowest BCUT2D eigenvalue weighted by atomic mass is 9.99. The quantitative estimate of drug-likeness (QED) is 0.560. The van der Waals surface area contributed by atoms with Gasteiger partial charge in [0.15, 0.2) is 0 Å². The van der Waals surface area contributed by atoms with Crippen LogP contribution in [0.1, 0.15) is 44.6 Å². The van der Waals surface area contributed by atoms with E-state index in [9.17, 15) is 8.42 Å². The van der Waals surface area contributed by atoms with Crippen LogP contribution in [0.15, 0.2) is 44.4 Å². The van der Waals surface area contributed by atoms with Gasteiger partial charge in [0.2, 0.25) is 0 Å². The fourth-order valence-corrected chi connectivity index (χ4v) is 6.64. The fourth-order valence-electron chi connectivity index (χ4n) is 3.52. The van der Waals surface area contributed by atoms with Crippen LogP contribution >= 0.6 is 27.3 Å². The molecule has 1 aliphatic carbocycles. The number of hydrogen-bond acceptors (Lipinski definition) is 4. The number of para-hydroxylation sites is 1. The number of thiophene rings is 1.